The Morgan fingerprint density at radius 1 is 0.970 bits per heavy atom. The molecule has 0 aliphatic heterocycles. The number of hydrogen-bond donors (Lipinski definition) is 2. The molecule has 33 heavy (non-hydrogen) atoms. The van der Waals surface area contributed by atoms with Gasteiger partial charge in [-0.2, -0.15) is 0 Å². The molecule has 2 rings (SSSR count). The van der Waals surface area contributed by atoms with Crippen LogP contribution in [0.2, 0.25) is 0 Å². The number of carbonyl (C=O) groups excluding carboxylic acids is 3. The van der Waals surface area contributed by atoms with E-state index in [9.17, 15) is 27.6 Å². The largest absolute Gasteiger partial charge is 0.493 e. The van der Waals surface area contributed by atoms with Crippen LogP contribution in [0, 0.1) is 17.5 Å². The number of ether oxygens (including phenoxy) is 3. The third kappa shape index (κ3) is 7.41. The van der Waals surface area contributed by atoms with E-state index in [0.29, 0.717) is 24.2 Å². The second kappa shape index (κ2) is 12.3. The van der Waals surface area contributed by atoms with Gasteiger partial charge in [0.2, 0.25) is 5.91 Å². The second-order valence-corrected chi connectivity index (χ2v) is 6.69. The third-order valence-electron chi connectivity index (χ3n) is 4.24. The number of anilines is 1. The van der Waals surface area contributed by atoms with Crippen molar-refractivity contribution < 1.29 is 41.8 Å². The number of rotatable bonds is 11. The Labute approximate surface area is 188 Å². The Kier molecular flexibility index (Phi) is 9.52. The number of amides is 2. The first-order chi connectivity index (χ1) is 15.8. The van der Waals surface area contributed by atoms with Crippen molar-refractivity contribution in [1.82, 2.24) is 5.32 Å². The van der Waals surface area contributed by atoms with Gasteiger partial charge in [0.15, 0.2) is 35.6 Å². The summed E-state index contributed by atoms with van der Waals surface area (Å²) in [7, 11) is 1.42. The highest BCUT2D eigenvalue weighted by Crippen LogP contribution is 2.28. The second-order valence-electron chi connectivity index (χ2n) is 6.69. The smallest absolute Gasteiger partial charge is 0.338 e. The van der Waals surface area contributed by atoms with E-state index in [0.717, 1.165) is 18.9 Å². The summed E-state index contributed by atoms with van der Waals surface area (Å²) in [4.78, 5) is 35.8. The summed E-state index contributed by atoms with van der Waals surface area (Å²) < 4.78 is 55.3. The van der Waals surface area contributed by atoms with Gasteiger partial charge in [0, 0.05) is 0 Å². The summed E-state index contributed by atoms with van der Waals surface area (Å²) >= 11 is 0. The number of benzene rings is 2. The molecule has 2 aromatic carbocycles. The summed E-state index contributed by atoms with van der Waals surface area (Å²) in [5, 5.41) is 4.14. The van der Waals surface area contributed by atoms with E-state index < -0.39 is 54.1 Å². The molecule has 178 valence electrons. The van der Waals surface area contributed by atoms with Crippen molar-refractivity contribution >= 4 is 23.5 Å². The minimum Gasteiger partial charge on any atom is -0.493 e. The van der Waals surface area contributed by atoms with Crippen LogP contribution in [0.1, 0.15) is 30.1 Å². The maximum atomic E-state index is 13.6. The molecule has 0 spiro atoms. The lowest BCUT2D eigenvalue weighted by molar-refractivity contribution is -0.126. The van der Waals surface area contributed by atoms with E-state index in [1.807, 2.05) is 12.2 Å². The van der Waals surface area contributed by atoms with Crippen molar-refractivity contribution in [3.05, 3.63) is 53.3 Å². The molecule has 0 unspecified atom stereocenters. The molecular formula is C22H23F3N2O6. The molecule has 0 aliphatic carbocycles. The van der Waals surface area contributed by atoms with Gasteiger partial charge < -0.3 is 24.8 Å². The van der Waals surface area contributed by atoms with Crippen LogP contribution in [0.25, 0.3) is 0 Å². The van der Waals surface area contributed by atoms with Gasteiger partial charge in [0.25, 0.3) is 5.91 Å². The van der Waals surface area contributed by atoms with E-state index in [2.05, 4.69) is 5.32 Å². The Bertz CT molecular complexity index is 1020. The van der Waals surface area contributed by atoms with Crippen molar-refractivity contribution in [2.45, 2.75) is 19.8 Å². The molecule has 0 fully saturated rings. The minimum atomic E-state index is -1.74. The number of unbranched alkanes of at least 4 members (excludes halogenated alkanes) is 1. The van der Waals surface area contributed by atoms with Gasteiger partial charge in [-0.25, -0.2) is 18.0 Å². The molecule has 0 saturated carbocycles. The predicted molar refractivity (Wildman–Crippen MR) is 112 cm³/mol. The summed E-state index contributed by atoms with van der Waals surface area (Å²) in [6.07, 6.45) is 1.81. The Hall–Kier alpha value is -3.76. The van der Waals surface area contributed by atoms with Gasteiger partial charge in [-0.05, 0) is 36.8 Å². The molecule has 11 heteroatoms. The van der Waals surface area contributed by atoms with Crippen molar-refractivity contribution in [3.8, 4) is 11.5 Å². The number of nitrogens with one attached hydrogen (secondary N) is 2. The first-order valence-electron chi connectivity index (χ1n) is 9.94. The van der Waals surface area contributed by atoms with Crippen LogP contribution in [0.3, 0.4) is 0 Å². The van der Waals surface area contributed by atoms with Crippen LogP contribution in [-0.2, 0) is 14.3 Å². The van der Waals surface area contributed by atoms with E-state index in [1.165, 1.54) is 19.2 Å². The zero-order valence-corrected chi connectivity index (χ0v) is 18.0. The SMILES string of the molecule is CCCCOc1ccc(C(=O)OCC(=O)NCC(=O)Nc2ccc(F)c(F)c2F)cc1OC. The lowest BCUT2D eigenvalue weighted by atomic mass is 10.2. The highest BCUT2D eigenvalue weighted by Gasteiger charge is 2.17. The zero-order valence-electron chi connectivity index (χ0n) is 18.0. The Balaban J connectivity index is 1.82. The molecule has 2 amide bonds. The first-order valence-corrected chi connectivity index (χ1v) is 9.94. The number of hydrogen-bond acceptors (Lipinski definition) is 6. The van der Waals surface area contributed by atoms with E-state index in [1.54, 1.807) is 6.07 Å². The van der Waals surface area contributed by atoms with Crippen LogP contribution in [0.15, 0.2) is 30.3 Å². The minimum absolute atomic E-state index is 0.119. The number of halogens is 3. The highest BCUT2D eigenvalue weighted by molar-refractivity contribution is 5.95. The van der Waals surface area contributed by atoms with Crippen molar-refractivity contribution in [2.24, 2.45) is 0 Å². The normalized spacial score (nSPS) is 10.3. The maximum Gasteiger partial charge on any atom is 0.338 e. The van der Waals surface area contributed by atoms with Gasteiger partial charge in [-0.15, -0.1) is 0 Å². The van der Waals surface area contributed by atoms with Crippen molar-refractivity contribution in [1.29, 1.82) is 0 Å². The quantitative estimate of drug-likeness (QED) is 0.298. The molecule has 8 nitrogen and oxygen atoms in total. The molecule has 0 bridgehead atoms. The lowest BCUT2D eigenvalue weighted by Gasteiger charge is -2.12. The monoisotopic (exact) mass is 468 g/mol. The maximum absolute atomic E-state index is 13.6. The molecule has 0 heterocycles. The van der Waals surface area contributed by atoms with Gasteiger partial charge in [-0.1, -0.05) is 13.3 Å². The lowest BCUT2D eigenvalue weighted by Crippen LogP contribution is -2.35. The van der Waals surface area contributed by atoms with E-state index in [4.69, 9.17) is 14.2 Å². The molecule has 0 atom stereocenters. The molecule has 2 N–H and O–H groups in total. The Morgan fingerprint density at radius 3 is 2.42 bits per heavy atom. The molecular weight excluding hydrogens is 445 g/mol. The van der Waals surface area contributed by atoms with Gasteiger partial charge in [-0.3, -0.25) is 9.59 Å². The first kappa shape index (κ1) is 25.5. The zero-order chi connectivity index (χ0) is 24.4. The number of esters is 1. The summed E-state index contributed by atoms with van der Waals surface area (Å²) in [5.41, 5.74) is -0.468. The average Bonchev–Trinajstić information content (AvgIpc) is 2.81. The summed E-state index contributed by atoms with van der Waals surface area (Å²) in [6, 6.07) is 5.89. The molecule has 0 saturated heterocycles. The van der Waals surface area contributed by atoms with Crippen molar-refractivity contribution in [2.75, 3.05) is 32.2 Å². The molecule has 0 aromatic heterocycles. The standard InChI is InChI=1S/C22H23F3N2O6/c1-3-4-9-32-16-8-5-13(10-17(16)31-2)22(30)33-12-19(29)26-11-18(28)27-15-7-6-14(23)20(24)21(15)25/h5-8,10H,3-4,9,11-12H2,1-2H3,(H,26,29)(H,27,28). The topological polar surface area (TPSA) is 103 Å². The van der Waals surface area contributed by atoms with Crippen LogP contribution in [0.4, 0.5) is 18.9 Å². The number of carbonyl (C=O) groups is 3. The fourth-order valence-corrected chi connectivity index (χ4v) is 2.50. The molecule has 0 radical (unpaired) electrons. The van der Waals surface area contributed by atoms with Crippen LogP contribution >= 0.6 is 0 Å². The fraction of sp³-hybridized carbons (Fsp3) is 0.318. The van der Waals surface area contributed by atoms with Crippen LogP contribution < -0.4 is 20.1 Å². The fourth-order valence-electron chi connectivity index (χ4n) is 2.50. The van der Waals surface area contributed by atoms with E-state index in [-0.39, 0.29) is 5.56 Å². The van der Waals surface area contributed by atoms with Gasteiger partial charge in [0.1, 0.15) is 0 Å². The molecule has 2 aromatic rings. The Morgan fingerprint density at radius 2 is 1.73 bits per heavy atom. The number of methoxy groups -OCH3 is 1. The van der Waals surface area contributed by atoms with Gasteiger partial charge in [0.05, 0.1) is 31.5 Å². The predicted octanol–water partition coefficient (Wildman–Crippen LogP) is 3.20. The van der Waals surface area contributed by atoms with Crippen molar-refractivity contribution in [3.63, 3.8) is 0 Å². The summed E-state index contributed by atoms with van der Waals surface area (Å²) in [6.45, 7) is 1.21. The highest BCUT2D eigenvalue weighted by atomic mass is 19.2. The summed E-state index contributed by atoms with van der Waals surface area (Å²) in [5.74, 6) is -6.44. The molecule has 0 aliphatic rings. The van der Waals surface area contributed by atoms with E-state index >= 15 is 0 Å². The van der Waals surface area contributed by atoms with Crippen LogP contribution in [0.5, 0.6) is 11.5 Å². The average molecular weight is 468 g/mol. The van der Waals surface area contributed by atoms with Crippen LogP contribution in [-0.4, -0.2) is 44.7 Å². The third-order valence-corrected chi connectivity index (χ3v) is 4.24. The van der Waals surface area contributed by atoms with Gasteiger partial charge >= 0.3 is 5.97 Å².